The first-order valence-corrected chi connectivity index (χ1v) is 12.8. The summed E-state index contributed by atoms with van der Waals surface area (Å²) >= 11 is 1.12. The van der Waals surface area contributed by atoms with Crippen LogP contribution in [0.25, 0.3) is 6.08 Å². The van der Waals surface area contributed by atoms with E-state index in [1.54, 1.807) is 43.3 Å². The molecule has 0 radical (unpaired) electrons. The summed E-state index contributed by atoms with van der Waals surface area (Å²) in [5.41, 5.74) is 1.05. The lowest BCUT2D eigenvalue weighted by atomic mass is 9.94. The molecule has 11 nitrogen and oxygen atoms in total. The van der Waals surface area contributed by atoms with Crippen LogP contribution in [0.15, 0.2) is 63.5 Å². The molecule has 0 spiro atoms. The van der Waals surface area contributed by atoms with Gasteiger partial charge in [-0.1, -0.05) is 35.6 Å². The number of nitro benzene ring substituents is 1. The summed E-state index contributed by atoms with van der Waals surface area (Å²) in [6.07, 6.45) is 1.57. The number of non-ortho nitro benzene ring substituents is 1. The van der Waals surface area contributed by atoms with Gasteiger partial charge in [0.2, 0.25) is 0 Å². The number of carbonyl (C=O) groups excluding carboxylic acids is 1. The van der Waals surface area contributed by atoms with E-state index in [1.165, 1.54) is 30.9 Å². The van der Waals surface area contributed by atoms with Gasteiger partial charge in [0.05, 0.1) is 41.0 Å². The molecule has 0 N–H and O–H groups in total. The minimum atomic E-state index is -0.930. The van der Waals surface area contributed by atoms with Gasteiger partial charge in [-0.2, -0.15) is 0 Å². The molecule has 39 heavy (non-hydrogen) atoms. The second-order valence-corrected chi connectivity index (χ2v) is 9.38. The Hall–Kier alpha value is -4.29. The highest BCUT2D eigenvalue weighted by atomic mass is 32.1. The zero-order chi connectivity index (χ0) is 28.1. The number of carbonyl (C=O) groups is 1. The molecule has 204 valence electrons. The second-order valence-electron chi connectivity index (χ2n) is 8.37. The van der Waals surface area contributed by atoms with E-state index >= 15 is 0 Å². The molecule has 0 amide bonds. The number of nitro groups is 1. The summed E-state index contributed by atoms with van der Waals surface area (Å²) < 4.78 is 23.6. The number of rotatable bonds is 10. The second kappa shape index (κ2) is 12.0. The molecule has 1 aromatic heterocycles. The van der Waals surface area contributed by atoms with Gasteiger partial charge in [0, 0.05) is 24.8 Å². The summed E-state index contributed by atoms with van der Waals surface area (Å²) in [6, 6.07) is 10.3. The molecule has 1 aliphatic rings. The predicted octanol–water partition coefficient (Wildman–Crippen LogP) is 2.74. The fraction of sp³-hybridized carbons (Fsp3) is 0.296. The van der Waals surface area contributed by atoms with Crippen LogP contribution >= 0.6 is 11.3 Å². The maximum Gasteiger partial charge on any atom is 0.338 e. The maximum atomic E-state index is 13.9. The average molecular weight is 554 g/mol. The molecule has 0 saturated carbocycles. The van der Waals surface area contributed by atoms with E-state index < -0.39 is 22.5 Å². The molecule has 2 aromatic carbocycles. The fourth-order valence-corrected chi connectivity index (χ4v) is 5.31. The number of nitrogens with zero attached hydrogens (tertiary/aromatic N) is 3. The van der Waals surface area contributed by atoms with Gasteiger partial charge in [0.1, 0.15) is 12.6 Å². The Bertz CT molecular complexity index is 1620. The van der Waals surface area contributed by atoms with Crippen LogP contribution in [0.3, 0.4) is 0 Å². The van der Waals surface area contributed by atoms with E-state index in [0.29, 0.717) is 44.3 Å². The van der Waals surface area contributed by atoms with Crippen molar-refractivity contribution in [3.05, 3.63) is 94.7 Å². The summed E-state index contributed by atoms with van der Waals surface area (Å²) in [4.78, 5) is 42.9. The summed E-state index contributed by atoms with van der Waals surface area (Å²) in [5, 5.41) is 11.2. The van der Waals surface area contributed by atoms with E-state index in [-0.39, 0.29) is 24.5 Å². The molecule has 3 aromatic rings. The van der Waals surface area contributed by atoms with Crippen molar-refractivity contribution in [1.82, 2.24) is 4.57 Å². The van der Waals surface area contributed by atoms with Crippen molar-refractivity contribution < 1.29 is 28.7 Å². The van der Waals surface area contributed by atoms with Gasteiger partial charge in [0.25, 0.3) is 11.2 Å². The maximum absolute atomic E-state index is 13.9. The predicted molar refractivity (Wildman–Crippen MR) is 144 cm³/mol. The molecule has 1 atom stereocenters. The lowest BCUT2D eigenvalue weighted by molar-refractivity contribution is -0.384. The van der Waals surface area contributed by atoms with E-state index in [1.807, 2.05) is 6.92 Å². The molecule has 0 aliphatic carbocycles. The molecule has 4 rings (SSSR count). The standard InChI is InChI=1S/C27H27N3O8S/c1-5-37-24-19(10-7-11-20(24)36-4)23-22(26(32)38-13-12-35-3)16(2)28-27-29(23)25(31)21(39-27)15-17-8-6-9-18(14-17)30(33)34/h6-11,14-15,23H,5,12-13H2,1-4H3/b21-15+/t23-/m1/s1. The fourth-order valence-electron chi connectivity index (χ4n) is 4.26. The minimum Gasteiger partial charge on any atom is -0.493 e. The van der Waals surface area contributed by atoms with Gasteiger partial charge in [-0.3, -0.25) is 19.5 Å². The molecular weight excluding hydrogens is 526 g/mol. The van der Waals surface area contributed by atoms with Crippen molar-refractivity contribution in [3.63, 3.8) is 0 Å². The van der Waals surface area contributed by atoms with Crippen molar-refractivity contribution in [2.75, 3.05) is 34.0 Å². The third kappa shape index (κ3) is 5.61. The van der Waals surface area contributed by atoms with Gasteiger partial charge in [0.15, 0.2) is 16.3 Å². The highest BCUT2D eigenvalue weighted by Crippen LogP contribution is 2.40. The zero-order valence-electron chi connectivity index (χ0n) is 21.8. The van der Waals surface area contributed by atoms with Crippen molar-refractivity contribution in [1.29, 1.82) is 0 Å². The molecule has 0 fully saturated rings. The molecule has 0 bridgehead atoms. The summed E-state index contributed by atoms with van der Waals surface area (Å²) in [6.45, 7) is 4.04. The lowest BCUT2D eigenvalue weighted by Crippen LogP contribution is -2.40. The first kappa shape index (κ1) is 27.7. The Kier molecular flexibility index (Phi) is 8.57. The summed E-state index contributed by atoms with van der Waals surface area (Å²) in [5.74, 6) is 0.184. The van der Waals surface area contributed by atoms with Crippen LogP contribution in [0.4, 0.5) is 5.69 Å². The van der Waals surface area contributed by atoms with Crippen LogP contribution in [0.2, 0.25) is 0 Å². The van der Waals surface area contributed by atoms with Crippen molar-refractivity contribution >= 4 is 29.1 Å². The number of aromatic nitrogens is 1. The average Bonchev–Trinajstić information content (AvgIpc) is 3.22. The van der Waals surface area contributed by atoms with Gasteiger partial charge in [-0.05, 0) is 31.6 Å². The number of hydrogen-bond acceptors (Lipinski definition) is 10. The minimum absolute atomic E-state index is 0.0203. The quantitative estimate of drug-likeness (QED) is 0.162. The number of methoxy groups -OCH3 is 2. The van der Waals surface area contributed by atoms with Crippen molar-refractivity contribution in [2.45, 2.75) is 19.9 Å². The van der Waals surface area contributed by atoms with Crippen molar-refractivity contribution in [2.24, 2.45) is 4.99 Å². The third-order valence-corrected chi connectivity index (χ3v) is 6.94. The number of para-hydroxylation sites is 1. The van der Waals surface area contributed by atoms with E-state index in [2.05, 4.69) is 4.99 Å². The molecular formula is C27H27N3O8S. The Morgan fingerprint density at radius 1 is 1.21 bits per heavy atom. The Morgan fingerprint density at radius 3 is 2.67 bits per heavy atom. The number of ether oxygens (including phenoxy) is 4. The number of thiazole rings is 1. The van der Waals surface area contributed by atoms with Crippen LogP contribution in [-0.2, 0) is 14.3 Å². The lowest BCUT2D eigenvalue weighted by Gasteiger charge is -2.27. The van der Waals surface area contributed by atoms with Crippen LogP contribution in [-0.4, -0.2) is 49.5 Å². The van der Waals surface area contributed by atoms with E-state index in [0.717, 1.165) is 11.3 Å². The number of fused-ring (bicyclic) bond motifs is 1. The normalized spacial score (nSPS) is 15.0. The number of esters is 1. The Labute approximate surface area is 227 Å². The number of benzene rings is 2. The SMILES string of the molecule is CCOc1c(OC)cccc1[C@@H]1C(C(=O)OCCOC)=C(C)N=c2s/c(=C/c3cccc([N+](=O)[O-])c3)c(=O)n21. The Morgan fingerprint density at radius 2 is 1.97 bits per heavy atom. The third-order valence-electron chi connectivity index (χ3n) is 5.95. The van der Waals surface area contributed by atoms with E-state index in [9.17, 15) is 19.7 Å². The van der Waals surface area contributed by atoms with Crippen LogP contribution < -0.4 is 24.4 Å². The topological polar surface area (TPSA) is 131 Å². The van der Waals surface area contributed by atoms with Gasteiger partial charge < -0.3 is 18.9 Å². The smallest absolute Gasteiger partial charge is 0.338 e. The molecule has 2 heterocycles. The molecule has 12 heteroatoms. The van der Waals surface area contributed by atoms with Gasteiger partial charge in [-0.25, -0.2) is 9.79 Å². The molecule has 0 unspecified atom stereocenters. The Balaban J connectivity index is 1.96. The van der Waals surface area contributed by atoms with Crippen LogP contribution in [0.5, 0.6) is 11.5 Å². The monoisotopic (exact) mass is 553 g/mol. The first-order chi connectivity index (χ1) is 18.8. The molecule has 0 saturated heterocycles. The highest BCUT2D eigenvalue weighted by Gasteiger charge is 2.36. The summed E-state index contributed by atoms with van der Waals surface area (Å²) in [7, 11) is 3.01. The van der Waals surface area contributed by atoms with Crippen molar-refractivity contribution in [3.8, 4) is 11.5 Å². The number of allylic oxidation sites excluding steroid dienone is 1. The largest absolute Gasteiger partial charge is 0.493 e. The van der Waals surface area contributed by atoms with Gasteiger partial charge >= 0.3 is 5.97 Å². The molecule has 1 aliphatic heterocycles. The zero-order valence-corrected chi connectivity index (χ0v) is 22.6. The van der Waals surface area contributed by atoms with Crippen LogP contribution in [0.1, 0.15) is 31.0 Å². The highest BCUT2D eigenvalue weighted by molar-refractivity contribution is 7.07. The van der Waals surface area contributed by atoms with Crippen LogP contribution in [0, 0.1) is 10.1 Å². The first-order valence-electron chi connectivity index (χ1n) is 12.0. The van der Waals surface area contributed by atoms with Gasteiger partial charge in [-0.15, -0.1) is 0 Å². The van der Waals surface area contributed by atoms with E-state index in [4.69, 9.17) is 18.9 Å². The number of hydrogen-bond donors (Lipinski definition) is 0.